The fourth-order valence-corrected chi connectivity index (χ4v) is 3.10. The third-order valence-electron chi connectivity index (χ3n) is 3.49. The van der Waals surface area contributed by atoms with Crippen LogP contribution in [0.4, 0.5) is 0 Å². The molecular weight excluding hydrogens is 335 g/mol. The van der Waals surface area contributed by atoms with E-state index in [1.807, 2.05) is 0 Å². The summed E-state index contributed by atoms with van der Waals surface area (Å²) >= 11 is 2.37. The molecule has 1 aromatic carbocycles. The number of rotatable bonds is 6. The quantitative estimate of drug-likeness (QED) is 0.620. The van der Waals surface area contributed by atoms with Gasteiger partial charge in [0, 0.05) is 10.1 Å². The highest BCUT2D eigenvalue weighted by atomic mass is 127. The van der Waals surface area contributed by atoms with Crippen LogP contribution in [0.25, 0.3) is 0 Å². The van der Waals surface area contributed by atoms with E-state index in [1.54, 1.807) is 0 Å². The lowest BCUT2D eigenvalue weighted by molar-refractivity contribution is 0.225. The monoisotopic (exact) mass is 358 g/mol. The Morgan fingerprint density at radius 2 is 2.00 bits per heavy atom. The summed E-state index contributed by atoms with van der Waals surface area (Å²) in [6.07, 6.45) is 5.50. The van der Waals surface area contributed by atoms with Crippen molar-refractivity contribution in [2.75, 3.05) is 26.2 Å². The maximum absolute atomic E-state index is 3.54. The fourth-order valence-electron chi connectivity index (χ4n) is 2.49. The lowest BCUT2D eigenvalue weighted by Crippen LogP contribution is -2.32. The van der Waals surface area contributed by atoms with Gasteiger partial charge in [-0.3, -0.25) is 0 Å². The molecule has 0 atom stereocenters. The molecule has 1 aromatic rings. The van der Waals surface area contributed by atoms with Crippen molar-refractivity contribution in [3.8, 4) is 0 Å². The van der Waals surface area contributed by atoms with Crippen LogP contribution >= 0.6 is 22.6 Å². The Morgan fingerprint density at radius 3 is 2.78 bits per heavy atom. The number of piperidine rings is 1. The molecule has 18 heavy (non-hydrogen) atoms. The summed E-state index contributed by atoms with van der Waals surface area (Å²) < 4.78 is 1.32. The predicted molar refractivity (Wildman–Crippen MR) is 85.8 cm³/mol. The molecule has 1 aliphatic rings. The molecule has 0 unspecified atom stereocenters. The number of hydrogen-bond acceptors (Lipinski definition) is 2. The zero-order chi connectivity index (χ0) is 12.6. The van der Waals surface area contributed by atoms with Crippen molar-refractivity contribution in [3.05, 3.63) is 33.4 Å². The number of nitrogens with zero attached hydrogens (tertiary/aromatic N) is 1. The first-order chi connectivity index (χ1) is 8.84. The summed E-state index contributed by atoms with van der Waals surface area (Å²) in [6.45, 7) is 6.02. The second-order valence-electron chi connectivity index (χ2n) is 5.06. The summed E-state index contributed by atoms with van der Waals surface area (Å²) in [5, 5.41) is 3.54. The smallest absolute Gasteiger partial charge is 0.0205 e. The van der Waals surface area contributed by atoms with Crippen molar-refractivity contribution in [1.29, 1.82) is 0 Å². The van der Waals surface area contributed by atoms with E-state index in [0.29, 0.717) is 0 Å². The molecule has 2 rings (SSSR count). The Bertz CT molecular complexity index is 348. The van der Waals surface area contributed by atoms with E-state index < -0.39 is 0 Å². The van der Waals surface area contributed by atoms with Crippen molar-refractivity contribution < 1.29 is 0 Å². The first-order valence-corrected chi connectivity index (χ1v) is 8.10. The van der Waals surface area contributed by atoms with E-state index in [1.165, 1.54) is 54.5 Å². The Hall–Kier alpha value is -0.130. The number of halogens is 1. The van der Waals surface area contributed by atoms with E-state index >= 15 is 0 Å². The van der Waals surface area contributed by atoms with Gasteiger partial charge in [0.1, 0.15) is 0 Å². The van der Waals surface area contributed by atoms with Crippen LogP contribution in [0.5, 0.6) is 0 Å². The van der Waals surface area contributed by atoms with Gasteiger partial charge in [-0.1, -0.05) is 18.6 Å². The molecule has 0 aliphatic carbocycles. The Kier molecular flexibility index (Phi) is 6.45. The third-order valence-corrected chi connectivity index (χ3v) is 4.17. The molecule has 1 aliphatic heterocycles. The van der Waals surface area contributed by atoms with Crippen molar-refractivity contribution in [1.82, 2.24) is 10.2 Å². The maximum Gasteiger partial charge on any atom is 0.0205 e. The van der Waals surface area contributed by atoms with E-state index in [9.17, 15) is 0 Å². The van der Waals surface area contributed by atoms with Gasteiger partial charge in [-0.2, -0.15) is 0 Å². The topological polar surface area (TPSA) is 15.3 Å². The predicted octanol–water partition coefficient (Wildman–Crippen LogP) is 3.26. The lowest BCUT2D eigenvalue weighted by Gasteiger charge is -2.26. The van der Waals surface area contributed by atoms with Crippen LogP contribution < -0.4 is 5.32 Å². The summed E-state index contributed by atoms with van der Waals surface area (Å²) in [4.78, 5) is 2.61. The molecule has 0 amide bonds. The minimum atomic E-state index is 0.997. The second-order valence-corrected chi connectivity index (χ2v) is 6.31. The van der Waals surface area contributed by atoms with E-state index in [4.69, 9.17) is 0 Å². The summed E-state index contributed by atoms with van der Waals surface area (Å²) in [6, 6.07) is 8.71. The Balaban J connectivity index is 1.55. The standard InChI is InChI=1S/C15H23IN2/c16-15-7-4-6-14(12-15)13-17-8-5-11-18-9-2-1-3-10-18/h4,6-7,12,17H,1-3,5,8-11,13H2. The third kappa shape index (κ3) is 5.24. The van der Waals surface area contributed by atoms with Crippen LogP contribution in [-0.2, 0) is 6.54 Å². The van der Waals surface area contributed by atoms with E-state index in [-0.39, 0.29) is 0 Å². The van der Waals surface area contributed by atoms with Gasteiger partial charge in [0.2, 0.25) is 0 Å². The van der Waals surface area contributed by atoms with E-state index in [0.717, 1.165) is 13.1 Å². The molecule has 0 saturated carbocycles. The molecule has 0 spiro atoms. The molecule has 0 aromatic heterocycles. The van der Waals surface area contributed by atoms with Gasteiger partial charge in [0.25, 0.3) is 0 Å². The second kappa shape index (κ2) is 8.12. The number of nitrogens with one attached hydrogen (secondary N) is 1. The van der Waals surface area contributed by atoms with Crippen molar-refractivity contribution in [3.63, 3.8) is 0 Å². The molecule has 1 fully saturated rings. The highest BCUT2D eigenvalue weighted by Crippen LogP contribution is 2.09. The molecular formula is C15H23IN2. The van der Waals surface area contributed by atoms with E-state index in [2.05, 4.69) is 57.1 Å². The van der Waals surface area contributed by atoms with Gasteiger partial charge in [-0.05, 0) is 85.7 Å². The highest BCUT2D eigenvalue weighted by Gasteiger charge is 2.08. The van der Waals surface area contributed by atoms with Crippen molar-refractivity contribution >= 4 is 22.6 Å². The highest BCUT2D eigenvalue weighted by molar-refractivity contribution is 14.1. The van der Waals surface area contributed by atoms with Crippen LogP contribution in [0.2, 0.25) is 0 Å². The molecule has 0 bridgehead atoms. The van der Waals surface area contributed by atoms with Crippen LogP contribution in [0.3, 0.4) is 0 Å². The van der Waals surface area contributed by atoms with Gasteiger partial charge in [0.05, 0.1) is 0 Å². The lowest BCUT2D eigenvalue weighted by atomic mass is 10.1. The summed E-state index contributed by atoms with van der Waals surface area (Å²) in [5.74, 6) is 0. The largest absolute Gasteiger partial charge is 0.313 e. The number of likely N-dealkylation sites (tertiary alicyclic amines) is 1. The first-order valence-electron chi connectivity index (χ1n) is 7.02. The summed E-state index contributed by atoms with van der Waals surface area (Å²) in [7, 11) is 0. The molecule has 1 heterocycles. The number of benzene rings is 1. The van der Waals surface area contributed by atoms with Crippen LogP contribution in [0, 0.1) is 3.57 Å². The maximum atomic E-state index is 3.54. The average Bonchev–Trinajstić information content (AvgIpc) is 2.40. The Labute approximate surface area is 124 Å². The van der Waals surface area contributed by atoms with Gasteiger partial charge < -0.3 is 10.2 Å². The minimum absolute atomic E-state index is 0.997. The summed E-state index contributed by atoms with van der Waals surface area (Å²) in [5.41, 5.74) is 1.39. The molecule has 100 valence electrons. The van der Waals surface area contributed by atoms with Crippen LogP contribution in [0.1, 0.15) is 31.2 Å². The number of hydrogen-bond donors (Lipinski definition) is 1. The van der Waals surface area contributed by atoms with Crippen LogP contribution in [-0.4, -0.2) is 31.1 Å². The van der Waals surface area contributed by atoms with Gasteiger partial charge in [0.15, 0.2) is 0 Å². The minimum Gasteiger partial charge on any atom is -0.313 e. The molecule has 1 saturated heterocycles. The van der Waals surface area contributed by atoms with Gasteiger partial charge in [-0.15, -0.1) is 0 Å². The van der Waals surface area contributed by atoms with Crippen molar-refractivity contribution in [2.24, 2.45) is 0 Å². The molecule has 1 N–H and O–H groups in total. The molecule has 3 heteroatoms. The fraction of sp³-hybridized carbons (Fsp3) is 0.600. The first kappa shape index (κ1) is 14.3. The van der Waals surface area contributed by atoms with Crippen molar-refractivity contribution in [2.45, 2.75) is 32.2 Å². The molecule has 0 radical (unpaired) electrons. The molecule has 2 nitrogen and oxygen atoms in total. The van der Waals surface area contributed by atoms with Crippen LogP contribution in [0.15, 0.2) is 24.3 Å². The van der Waals surface area contributed by atoms with Gasteiger partial charge in [-0.25, -0.2) is 0 Å². The normalized spacial score (nSPS) is 16.9. The zero-order valence-corrected chi connectivity index (χ0v) is 13.2. The van der Waals surface area contributed by atoms with Gasteiger partial charge >= 0.3 is 0 Å². The zero-order valence-electron chi connectivity index (χ0n) is 11.0. The average molecular weight is 358 g/mol. The SMILES string of the molecule is Ic1cccc(CNCCCN2CCCCC2)c1. The Morgan fingerprint density at radius 1 is 1.17 bits per heavy atom.